The molecule has 1 aliphatic rings. The third-order valence-corrected chi connectivity index (χ3v) is 7.90. The molecule has 0 aliphatic carbocycles. The molecule has 1 aliphatic heterocycles. The zero-order valence-electron chi connectivity index (χ0n) is 18.6. The summed E-state index contributed by atoms with van der Waals surface area (Å²) < 4.78 is 34.4. The van der Waals surface area contributed by atoms with Gasteiger partial charge in [-0.15, -0.1) is 0 Å². The summed E-state index contributed by atoms with van der Waals surface area (Å²) in [5.41, 5.74) is 3.05. The van der Waals surface area contributed by atoms with Crippen LogP contribution in [0.4, 0.5) is 5.69 Å². The van der Waals surface area contributed by atoms with Crippen LogP contribution < -0.4 is 9.04 Å². The van der Waals surface area contributed by atoms with Gasteiger partial charge >= 0.3 is 0 Å². The van der Waals surface area contributed by atoms with Gasteiger partial charge in [0.15, 0.2) is 0 Å². The number of likely N-dealkylation sites (tertiary alicyclic amines) is 1. The van der Waals surface area contributed by atoms with Crippen LogP contribution in [0.2, 0.25) is 0 Å². The average molecular weight is 451 g/mol. The number of methoxy groups -OCH3 is 1. The van der Waals surface area contributed by atoms with Gasteiger partial charge in [0.2, 0.25) is 0 Å². The van der Waals surface area contributed by atoms with E-state index in [-0.39, 0.29) is 10.9 Å². The fraction of sp³-hybridized carbons (Fsp3) is 0.308. The molecule has 0 amide bonds. The predicted molar refractivity (Wildman–Crippen MR) is 129 cm³/mol. The van der Waals surface area contributed by atoms with Gasteiger partial charge in [-0.2, -0.15) is 0 Å². The first kappa shape index (κ1) is 22.4. The third kappa shape index (κ3) is 4.97. The van der Waals surface area contributed by atoms with Crippen molar-refractivity contribution >= 4 is 15.7 Å². The van der Waals surface area contributed by atoms with Gasteiger partial charge in [-0.05, 0) is 67.3 Å². The Bertz CT molecular complexity index is 1120. The lowest BCUT2D eigenvalue weighted by Gasteiger charge is -2.39. The van der Waals surface area contributed by atoms with Crippen LogP contribution in [0, 0.1) is 6.92 Å². The van der Waals surface area contributed by atoms with E-state index in [9.17, 15) is 8.42 Å². The maximum atomic E-state index is 13.8. The van der Waals surface area contributed by atoms with Crippen LogP contribution >= 0.6 is 0 Å². The average Bonchev–Trinajstić information content (AvgIpc) is 2.81. The third-order valence-electron chi connectivity index (χ3n) is 6.01. The molecule has 0 aromatic heterocycles. The topological polar surface area (TPSA) is 49.9 Å². The number of benzene rings is 3. The molecule has 0 bridgehead atoms. The summed E-state index contributed by atoms with van der Waals surface area (Å²) in [5.74, 6) is 0.639. The molecule has 32 heavy (non-hydrogen) atoms. The van der Waals surface area contributed by atoms with Crippen molar-refractivity contribution in [2.24, 2.45) is 0 Å². The monoisotopic (exact) mass is 450 g/mol. The molecular formula is C26H30N2O3S. The Labute approximate surface area is 191 Å². The van der Waals surface area contributed by atoms with Gasteiger partial charge in [-0.25, -0.2) is 8.42 Å². The molecule has 0 saturated carbocycles. The number of anilines is 1. The zero-order valence-corrected chi connectivity index (χ0v) is 19.5. The van der Waals surface area contributed by atoms with Crippen molar-refractivity contribution in [1.82, 2.24) is 4.90 Å². The summed E-state index contributed by atoms with van der Waals surface area (Å²) >= 11 is 0. The Morgan fingerprint density at radius 2 is 1.62 bits per heavy atom. The molecule has 0 atom stereocenters. The van der Waals surface area contributed by atoms with E-state index in [1.807, 2.05) is 37.3 Å². The summed E-state index contributed by atoms with van der Waals surface area (Å²) in [6.45, 7) is 4.60. The van der Waals surface area contributed by atoms with Gasteiger partial charge in [0, 0.05) is 25.7 Å². The Kier molecular flexibility index (Phi) is 6.82. The minimum atomic E-state index is -3.71. The van der Waals surface area contributed by atoms with Gasteiger partial charge < -0.3 is 4.74 Å². The molecule has 6 heteroatoms. The quantitative estimate of drug-likeness (QED) is 0.516. The van der Waals surface area contributed by atoms with Crippen LogP contribution in [-0.2, 0) is 16.6 Å². The van der Waals surface area contributed by atoms with E-state index in [2.05, 4.69) is 29.2 Å². The lowest BCUT2D eigenvalue weighted by molar-refractivity contribution is 0.206. The van der Waals surface area contributed by atoms with Gasteiger partial charge in [0.05, 0.1) is 17.7 Å². The Morgan fingerprint density at radius 1 is 0.938 bits per heavy atom. The van der Waals surface area contributed by atoms with Crippen LogP contribution in [-0.4, -0.2) is 39.6 Å². The highest BCUT2D eigenvalue weighted by Gasteiger charge is 2.34. The van der Waals surface area contributed by atoms with Crippen molar-refractivity contribution in [3.63, 3.8) is 0 Å². The zero-order chi connectivity index (χ0) is 22.6. The second-order valence-corrected chi connectivity index (χ2v) is 10.1. The smallest absolute Gasteiger partial charge is 0.264 e. The van der Waals surface area contributed by atoms with Crippen molar-refractivity contribution in [2.75, 3.05) is 24.5 Å². The number of hydrogen-bond acceptors (Lipinski definition) is 4. The van der Waals surface area contributed by atoms with Crippen LogP contribution in [0.3, 0.4) is 0 Å². The second kappa shape index (κ2) is 9.76. The van der Waals surface area contributed by atoms with Gasteiger partial charge in [-0.3, -0.25) is 9.21 Å². The van der Waals surface area contributed by atoms with E-state index in [0.29, 0.717) is 5.75 Å². The van der Waals surface area contributed by atoms with Crippen molar-refractivity contribution in [1.29, 1.82) is 0 Å². The van der Waals surface area contributed by atoms with E-state index in [4.69, 9.17) is 4.74 Å². The highest BCUT2D eigenvalue weighted by Crippen LogP contribution is 2.32. The van der Waals surface area contributed by atoms with E-state index < -0.39 is 10.0 Å². The molecule has 0 N–H and O–H groups in total. The highest BCUT2D eigenvalue weighted by molar-refractivity contribution is 7.92. The summed E-state index contributed by atoms with van der Waals surface area (Å²) in [5, 5.41) is 0. The number of ether oxygens (including phenoxy) is 1. The summed E-state index contributed by atoms with van der Waals surface area (Å²) in [7, 11) is -2.14. The molecule has 5 nitrogen and oxygen atoms in total. The number of hydrogen-bond donors (Lipinski definition) is 0. The Morgan fingerprint density at radius 3 is 2.25 bits per heavy atom. The van der Waals surface area contributed by atoms with E-state index in [1.54, 1.807) is 35.7 Å². The molecule has 0 radical (unpaired) electrons. The minimum absolute atomic E-state index is 0.0871. The van der Waals surface area contributed by atoms with Crippen LogP contribution in [0.15, 0.2) is 83.8 Å². The van der Waals surface area contributed by atoms with Crippen LogP contribution in [0.1, 0.15) is 24.0 Å². The van der Waals surface area contributed by atoms with Gasteiger partial charge in [-0.1, -0.05) is 42.5 Å². The summed E-state index contributed by atoms with van der Waals surface area (Å²) in [6.07, 6.45) is 1.58. The van der Waals surface area contributed by atoms with Gasteiger partial charge in [0.1, 0.15) is 5.75 Å². The van der Waals surface area contributed by atoms with E-state index in [1.165, 1.54) is 5.56 Å². The first-order chi connectivity index (χ1) is 15.5. The maximum Gasteiger partial charge on any atom is 0.264 e. The highest BCUT2D eigenvalue weighted by atomic mass is 32.2. The lowest BCUT2D eigenvalue weighted by atomic mass is 10.0. The number of nitrogens with zero attached hydrogens (tertiary/aromatic N) is 2. The van der Waals surface area contributed by atoms with E-state index >= 15 is 0 Å². The number of rotatable bonds is 7. The number of piperidine rings is 1. The largest absolute Gasteiger partial charge is 0.497 e. The first-order valence-electron chi connectivity index (χ1n) is 11.0. The standard InChI is InChI=1S/C26H30N2O3S/c1-21-7-6-10-24(19-21)28(32(29,30)26-13-11-25(31-2)12-14-26)23-15-17-27(18-16-23)20-22-8-4-3-5-9-22/h3-14,19,23H,15-18,20H2,1-2H3. The number of aryl methyl sites for hydroxylation is 1. The van der Waals surface area contributed by atoms with Crippen LogP contribution in [0.5, 0.6) is 5.75 Å². The molecule has 3 aromatic carbocycles. The number of sulfonamides is 1. The molecule has 168 valence electrons. The SMILES string of the molecule is COc1ccc(S(=O)(=O)N(c2cccc(C)c2)C2CCN(Cc3ccccc3)CC2)cc1. The molecule has 0 spiro atoms. The normalized spacial score (nSPS) is 15.4. The van der Waals surface area contributed by atoms with Crippen molar-refractivity contribution < 1.29 is 13.2 Å². The summed E-state index contributed by atoms with van der Waals surface area (Å²) in [4.78, 5) is 2.69. The van der Waals surface area contributed by atoms with Crippen molar-refractivity contribution in [2.45, 2.75) is 37.2 Å². The molecule has 4 rings (SSSR count). The van der Waals surface area contributed by atoms with Crippen molar-refractivity contribution in [3.8, 4) is 5.75 Å². The second-order valence-electron chi connectivity index (χ2n) is 8.31. The minimum Gasteiger partial charge on any atom is -0.497 e. The molecule has 1 fully saturated rings. The Balaban J connectivity index is 1.59. The lowest BCUT2D eigenvalue weighted by Crippen LogP contribution is -2.47. The molecule has 1 heterocycles. The summed E-state index contributed by atoms with van der Waals surface area (Å²) in [6, 6.07) is 24.7. The molecule has 0 unspecified atom stereocenters. The fourth-order valence-electron chi connectivity index (χ4n) is 4.33. The first-order valence-corrected chi connectivity index (χ1v) is 12.4. The van der Waals surface area contributed by atoms with Crippen LogP contribution in [0.25, 0.3) is 0 Å². The fourth-order valence-corrected chi connectivity index (χ4v) is 6.03. The van der Waals surface area contributed by atoms with E-state index in [0.717, 1.165) is 43.7 Å². The van der Waals surface area contributed by atoms with Crippen molar-refractivity contribution in [3.05, 3.63) is 90.0 Å². The predicted octanol–water partition coefficient (Wildman–Crippen LogP) is 4.86. The molecule has 3 aromatic rings. The maximum absolute atomic E-state index is 13.8. The molecular weight excluding hydrogens is 420 g/mol. The molecule has 1 saturated heterocycles. The van der Waals surface area contributed by atoms with Gasteiger partial charge in [0.25, 0.3) is 10.0 Å². The Hall–Kier alpha value is -2.83.